The zero-order valence-corrected chi connectivity index (χ0v) is 11.6. The molecule has 6 nitrogen and oxygen atoms in total. The molecule has 1 aromatic carbocycles. The first-order valence-electron chi connectivity index (χ1n) is 6.43. The average Bonchev–Trinajstić information content (AvgIpc) is 2.91. The lowest BCUT2D eigenvalue weighted by Crippen LogP contribution is -2.11. The smallest absolute Gasteiger partial charge is 0.374 e. The molecule has 0 saturated carbocycles. The molecule has 0 saturated heterocycles. The van der Waals surface area contributed by atoms with E-state index in [-0.39, 0.29) is 12.2 Å². The average molecular weight is 314 g/mol. The summed E-state index contributed by atoms with van der Waals surface area (Å²) in [7, 11) is 0. The van der Waals surface area contributed by atoms with Gasteiger partial charge in [0.05, 0.1) is 17.2 Å². The van der Waals surface area contributed by atoms with Crippen LogP contribution in [0.3, 0.4) is 0 Å². The van der Waals surface area contributed by atoms with E-state index in [1.165, 1.54) is 6.07 Å². The highest BCUT2D eigenvalue weighted by atomic mass is 19.4. The summed E-state index contributed by atoms with van der Waals surface area (Å²) in [5.41, 5.74) is -1.87. The molecule has 2 rings (SSSR count). The Hall–Kier alpha value is -2.58. The minimum Gasteiger partial charge on any atom is -0.374 e. The predicted octanol–water partition coefficient (Wildman–Crippen LogP) is 3.44. The molecule has 0 bridgehead atoms. The predicted molar refractivity (Wildman–Crippen MR) is 73.3 cm³/mol. The number of nitrogens with zero attached hydrogens (tertiary/aromatic N) is 3. The Labute approximate surface area is 123 Å². The van der Waals surface area contributed by atoms with Crippen molar-refractivity contribution in [3.8, 4) is 0 Å². The third kappa shape index (κ3) is 3.35. The fourth-order valence-electron chi connectivity index (χ4n) is 1.97. The SMILES string of the molecule is CCn1ccc(CNc2cccc(C(F)(F)F)c2[N+](=O)[O-])n1. The number of alkyl halides is 3. The van der Waals surface area contributed by atoms with E-state index in [4.69, 9.17) is 0 Å². The number of benzene rings is 1. The van der Waals surface area contributed by atoms with Crippen molar-refractivity contribution in [2.45, 2.75) is 26.2 Å². The van der Waals surface area contributed by atoms with Gasteiger partial charge in [-0.1, -0.05) is 6.07 Å². The van der Waals surface area contributed by atoms with Crippen LogP contribution in [0.2, 0.25) is 0 Å². The van der Waals surface area contributed by atoms with Crippen molar-refractivity contribution in [2.75, 3.05) is 5.32 Å². The quantitative estimate of drug-likeness (QED) is 0.678. The molecular formula is C13H13F3N4O2. The number of hydrogen-bond donors (Lipinski definition) is 1. The van der Waals surface area contributed by atoms with Crippen molar-refractivity contribution in [3.05, 3.63) is 51.8 Å². The monoisotopic (exact) mass is 314 g/mol. The number of nitrogens with one attached hydrogen (secondary N) is 1. The van der Waals surface area contributed by atoms with E-state index < -0.39 is 22.4 Å². The summed E-state index contributed by atoms with van der Waals surface area (Å²) < 4.78 is 40.2. The second kappa shape index (κ2) is 6.04. The van der Waals surface area contributed by atoms with Crippen LogP contribution >= 0.6 is 0 Å². The topological polar surface area (TPSA) is 73.0 Å². The van der Waals surface area contributed by atoms with E-state index in [2.05, 4.69) is 10.4 Å². The highest BCUT2D eigenvalue weighted by Crippen LogP contribution is 2.40. The fraction of sp³-hybridized carbons (Fsp3) is 0.308. The van der Waals surface area contributed by atoms with Gasteiger partial charge in [-0.15, -0.1) is 0 Å². The number of aromatic nitrogens is 2. The zero-order valence-electron chi connectivity index (χ0n) is 11.6. The molecule has 0 aliphatic rings. The van der Waals surface area contributed by atoms with Gasteiger partial charge >= 0.3 is 11.9 Å². The molecule has 0 spiro atoms. The molecule has 9 heteroatoms. The molecule has 118 valence electrons. The van der Waals surface area contributed by atoms with E-state index in [1.54, 1.807) is 16.9 Å². The maximum atomic E-state index is 12.9. The molecule has 1 aromatic heterocycles. The first-order chi connectivity index (χ1) is 10.3. The number of rotatable bonds is 5. The van der Waals surface area contributed by atoms with E-state index in [1.807, 2.05) is 6.92 Å². The van der Waals surface area contributed by atoms with Crippen LogP contribution in [-0.4, -0.2) is 14.7 Å². The molecule has 0 fully saturated rings. The van der Waals surface area contributed by atoms with Gasteiger partial charge in [0.15, 0.2) is 0 Å². The van der Waals surface area contributed by atoms with Crippen molar-refractivity contribution >= 4 is 11.4 Å². The summed E-state index contributed by atoms with van der Waals surface area (Å²) in [6, 6.07) is 4.75. The van der Waals surface area contributed by atoms with Gasteiger partial charge < -0.3 is 5.32 Å². The Morgan fingerprint density at radius 1 is 1.36 bits per heavy atom. The van der Waals surface area contributed by atoms with Crippen LogP contribution in [0.15, 0.2) is 30.5 Å². The Morgan fingerprint density at radius 3 is 2.64 bits per heavy atom. The molecule has 0 unspecified atom stereocenters. The van der Waals surface area contributed by atoms with Crippen LogP contribution in [0.25, 0.3) is 0 Å². The van der Waals surface area contributed by atoms with E-state index in [0.29, 0.717) is 18.3 Å². The minimum atomic E-state index is -4.79. The summed E-state index contributed by atoms with van der Waals surface area (Å²) in [6.07, 6.45) is -3.07. The molecule has 0 amide bonds. The number of para-hydroxylation sites is 1. The normalized spacial score (nSPS) is 11.5. The Balaban J connectivity index is 2.28. The van der Waals surface area contributed by atoms with Gasteiger partial charge in [0.1, 0.15) is 11.3 Å². The minimum absolute atomic E-state index is 0.0924. The Bertz CT molecular complexity index is 682. The number of anilines is 1. The number of nitro benzene ring substituents is 1. The van der Waals surface area contributed by atoms with Gasteiger partial charge in [0.25, 0.3) is 0 Å². The van der Waals surface area contributed by atoms with Crippen molar-refractivity contribution in [3.63, 3.8) is 0 Å². The van der Waals surface area contributed by atoms with Crippen LogP contribution < -0.4 is 5.32 Å². The standard InChI is InChI=1S/C13H13F3N4O2/c1-2-19-7-6-9(18-19)8-17-11-5-3-4-10(13(14,15)16)12(11)20(21)22/h3-7,17H,2,8H2,1H3. The van der Waals surface area contributed by atoms with Crippen LogP contribution in [-0.2, 0) is 19.3 Å². The summed E-state index contributed by atoms with van der Waals surface area (Å²) in [4.78, 5) is 9.96. The molecule has 1 N–H and O–H groups in total. The molecular weight excluding hydrogens is 301 g/mol. The van der Waals surface area contributed by atoms with Crippen molar-refractivity contribution < 1.29 is 18.1 Å². The van der Waals surface area contributed by atoms with E-state index >= 15 is 0 Å². The van der Waals surface area contributed by atoms with E-state index in [9.17, 15) is 23.3 Å². The van der Waals surface area contributed by atoms with Crippen LogP contribution in [0, 0.1) is 10.1 Å². The maximum Gasteiger partial charge on any atom is 0.423 e. The second-order valence-corrected chi connectivity index (χ2v) is 4.47. The number of hydrogen-bond acceptors (Lipinski definition) is 4. The first kappa shape index (κ1) is 15.8. The highest BCUT2D eigenvalue weighted by molar-refractivity contribution is 5.66. The molecule has 0 aliphatic carbocycles. The van der Waals surface area contributed by atoms with E-state index in [0.717, 1.165) is 6.07 Å². The summed E-state index contributed by atoms with van der Waals surface area (Å²) >= 11 is 0. The number of halogens is 3. The molecule has 0 aliphatic heterocycles. The highest BCUT2D eigenvalue weighted by Gasteiger charge is 2.39. The molecule has 0 radical (unpaired) electrons. The molecule has 22 heavy (non-hydrogen) atoms. The van der Waals surface area contributed by atoms with Crippen molar-refractivity contribution in [2.24, 2.45) is 0 Å². The summed E-state index contributed by atoms with van der Waals surface area (Å²) in [6.45, 7) is 2.64. The molecule has 1 heterocycles. The Kier molecular flexibility index (Phi) is 4.34. The largest absolute Gasteiger partial charge is 0.423 e. The summed E-state index contributed by atoms with van der Waals surface area (Å²) in [5, 5.41) is 17.8. The van der Waals surface area contributed by atoms with Crippen LogP contribution in [0.4, 0.5) is 24.5 Å². The zero-order chi connectivity index (χ0) is 16.3. The van der Waals surface area contributed by atoms with Crippen LogP contribution in [0.1, 0.15) is 18.2 Å². The lowest BCUT2D eigenvalue weighted by Gasteiger charge is -2.11. The van der Waals surface area contributed by atoms with Gasteiger partial charge in [0, 0.05) is 12.7 Å². The van der Waals surface area contributed by atoms with Gasteiger partial charge in [-0.2, -0.15) is 18.3 Å². The lowest BCUT2D eigenvalue weighted by atomic mass is 10.1. The Morgan fingerprint density at radius 2 is 2.09 bits per heavy atom. The number of nitro groups is 1. The van der Waals surface area contributed by atoms with Crippen molar-refractivity contribution in [1.82, 2.24) is 9.78 Å². The van der Waals surface area contributed by atoms with Crippen molar-refractivity contribution in [1.29, 1.82) is 0 Å². The first-order valence-corrected chi connectivity index (χ1v) is 6.43. The lowest BCUT2D eigenvalue weighted by molar-refractivity contribution is -0.387. The number of aryl methyl sites for hydroxylation is 1. The second-order valence-electron chi connectivity index (χ2n) is 4.47. The molecule has 2 aromatic rings. The van der Waals surface area contributed by atoms with Crippen LogP contribution in [0.5, 0.6) is 0 Å². The van der Waals surface area contributed by atoms with Gasteiger partial charge in [0.2, 0.25) is 0 Å². The summed E-state index contributed by atoms with van der Waals surface area (Å²) in [5.74, 6) is 0. The molecule has 0 atom stereocenters. The fourth-order valence-corrected chi connectivity index (χ4v) is 1.97. The van der Waals surface area contributed by atoms with Gasteiger partial charge in [-0.05, 0) is 25.1 Å². The van der Waals surface area contributed by atoms with Gasteiger partial charge in [-0.3, -0.25) is 14.8 Å². The third-order valence-corrected chi connectivity index (χ3v) is 3.00. The maximum absolute atomic E-state index is 12.9. The third-order valence-electron chi connectivity index (χ3n) is 3.00. The van der Waals surface area contributed by atoms with Gasteiger partial charge in [-0.25, -0.2) is 0 Å².